The third kappa shape index (κ3) is 2.22. The molecule has 4 heteroatoms. The minimum atomic E-state index is -1.01. The summed E-state index contributed by atoms with van der Waals surface area (Å²) in [5, 5.41) is 14.1. The van der Waals surface area contributed by atoms with E-state index >= 15 is 0 Å². The molecule has 0 bridgehead atoms. The highest BCUT2D eigenvalue weighted by Crippen LogP contribution is 2.30. The van der Waals surface area contributed by atoms with Gasteiger partial charge in [-0.25, -0.2) is 0 Å². The predicted molar refractivity (Wildman–Crippen MR) is 69.2 cm³/mol. The van der Waals surface area contributed by atoms with E-state index in [0.717, 1.165) is 5.56 Å². The second-order valence-electron chi connectivity index (χ2n) is 4.50. The van der Waals surface area contributed by atoms with E-state index < -0.39 is 6.10 Å². The Morgan fingerprint density at radius 3 is 2.74 bits per heavy atom. The molecule has 0 saturated heterocycles. The van der Waals surface area contributed by atoms with Gasteiger partial charge in [0.05, 0.1) is 0 Å². The van der Waals surface area contributed by atoms with Gasteiger partial charge in [-0.3, -0.25) is 4.79 Å². The molecule has 0 aliphatic heterocycles. The molecule has 1 aliphatic carbocycles. The molecular weight excluding hydrogens is 242 g/mol. The third-order valence-electron chi connectivity index (χ3n) is 3.22. The smallest absolute Gasteiger partial charge is 0.170 e. The van der Waals surface area contributed by atoms with Crippen molar-refractivity contribution in [3.8, 4) is 11.3 Å². The van der Waals surface area contributed by atoms with Crippen LogP contribution in [0.4, 0.5) is 0 Å². The summed E-state index contributed by atoms with van der Waals surface area (Å²) >= 11 is 0. The molecule has 1 N–H and O–H groups in total. The van der Waals surface area contributed by atoms with Gasteiger partial charge in [-0.15, -0.1) is 0 Å². The summed E-state index contributed by atoms with van der Waals surface area (Å²) in [7, 11) is 0. The number of benzene rings is 1. The number of hydrogen-bond acceptors (Lipinski definition) is 4. The number of rotatable bonds is 3. The van der Waals surface area contributed by atoms with Crippen molar-refractivity contribution in [2.24, 2.45) is 0 Å². The minimum Gasteiger partial charge on any atom is -0.380 e. The van der Waals surface area contributed by atoms with Crippen LogP contribution in [-0.2, 0) is 4.79 Å². The molecule has 4 nitrogen and oxygen atoms in total. The minimum absolute atomic E-state index is 0.0230. The van der Waals surface area contributed by atoms with Gasteiger partial charge >= 0.3 is 0 Å². The molecule has 2 aromatic rings. The molecular formula is C15H13NO3. The Labute approximate surface area is 110 Å². The average molecular weight is 255 g/mol. The number of carbonyl (C=O) groups excluding carboxylic acids is 1. The Morgan fingerprint density at radius 1 is 1.26 bits per heavy atom. The first-order chi connectivity index (χ1) is 9.25. The van der Waals surface area contributed by atoms with Gasteiger partial charge in [0.1, 0.15) is 11.8 Å². The quantitative estimate of drug-likeness (QED) is 0.915. The Bertz CT molecular complexity index is 628. The lowest BCUT2D eigenvalue weighted by atomic mass is 10.1. The number of aromatic nitrogens is 1. The van der Waals surface area contributed by atoms with Crippen LogP contribution >= 0.6 is 0 Å². The molecule has 19 heavy (non-hydrogen) atoms. The molecule has 1 aromatic carbocycles. The lowest BCUT2D eigenvalue weighted by molar-refractivity contribution is -0.115. The SMILES string of the molecule is O=C1CCC=C1C(O)c1cc(-c2ccccc2)no1. The van der Waals surface area contributed by atoms with E-state index in [2.05, 4.69) is 5.16 Å². The predicted octanol–water partition coefficient (Wildman–Crippen LogP) is 2.66. The summed E-state index contributed by atoms with van der Waals surface area (Å²) in [5.74, 6) is 0.283. The van der Waals surface area contributed by atoms with E-state index in [4.69, 9.17) is 4.52 Å². The Balaban J connectivity index is 1.88. The van der Waals surface area contributed by atoms with Crippen LogP contribution < -0.4 is 0 Å². The summed E-state index contributed by atoms with van der Waals surface area (Å²) in [6, 6.07) is 11.2. The molecule has 0 radical (unpaired) electrons. The highest BCUT2D eigenvalue weighted by Gasteiger charge is 2.26. The van der Waals surface area contributed by atoms with Gasteiger partial charge in [0.25, 0.3) is 0 Å². The lowest BCUT2D eigenvalue weighted by Crippen LogP contribution is -2.06. The maximum Gasteiger partial charge on any atom is 0.170 e. The van der Waals surface area contributed by atoms with Crippen LogP contribution in [0.25, 0.3) is 11.3 Å². The fraction of sp³-hybridized carbons (Fsp3) is 0.200. The van der Waals surface area contributed by atoms with Gasteiger partial charge in [-0.05, 0) is 6.42 Å². The Morgan fingerprint density at radius 2 is 2.05 bits per heavy atom. The van der Waals surface area contributed by atoms with E-state index in [-0.39, 0.29) is 5.78 Å². The molecule has 1 aromatic heterocycles. The molecule has 3 rings (SSSR count). The largest absolute Gasteiger partial charge is 0.380 e. The van der Waals surface area contributed by atoms with Crippen molar-refractivity contribution in [1.82, 2.24) is 5.16 Å². The van der Waals surface area contributed by atoms with Crippen molar-refractivity contribution in [2.75, 3.05) is 0 Å². The fourth-order valence-corrected chi connectivity index (χ4v) is 2.20. The molecule has 1 unspecified atom stereocenters. The topological polar surface area (TPSA) is 63.3 Å². The number of ketones is 1. The molecule has 1 atom stereocenters. The van der Waals surface area contributed by atoms with Gasteiger partial charge in [0.15, 0.2) is 11.5 Å². The highest BCUT2D eigenvalue weighted by atomic mass is 16.5. The fourth-order valence-electron chi connectivity index (χ4n) is 2.20. The number of Topliss-reactive ketones (excluding diaryl/α,β-unsaturated/α-hetero) is 1. The number of aliphatic hydroxyl groups is 1. The zero-order valence-corrected chi connectivity index (χ0v) is 10.2. The standard InChI is InChI=1S/C15H13NO3/c17-13-8-4-7-11(13)15(18)14-9-12(16-19-14)10-5-2-1-3-6-10/h1-3,5-7,9,15,18H,4,8H2. The van der Waals surface area contributed by atoms with E-state index in [1.54, 1.807) is 12.1 Å². The molecule has 1 aliphatic rings. The van der Waals surface area contributed by atoms with E-state index in [1.165, 1.54) is 0 Å². The summed E-state index contributed by atoms with van der Waals surface area (Å²) in [5.41, 5.74) is 1.98. The van der Waals surface area contributed by atoms with Crippen LogP contribution in [0, 0.1) is 0 Å². The van der Waals surface area contributed by atoms with Crippen molar-refractivity contribution >= 4 is 5.78 Å². The molecule has 0 amide bonds. The molecule has 96 valence electrons. The van der Waals surface area contributed by atoms with E-state index in [9.17, 15) is 9.90 Å². The van der Waals surface area contributed by atoms with Crippen LogP contribution in [0.1, 0.15) is 24.7 Å². The van der Waals surface area contributed by atoms with Gasteiger partial charge in [0.2, 0.25) is 0 Å². The second-order valence-corrected chi connectivity index (χ2v) is 4.50. The average Bonchev–Trinajstić information content (AvgIpc) is 3.08. The normalized spacial score (nSPS) is 16.5. The summed E-state index contributed by atoms with van der Waals surface area (Å²) in [4.78, 5) is 11.6. The van der Waals surface area contributed by atoms with Crippen LogP contribution in [0.5, 0.6) is 0 Å². The van der Waals surface area contributed by atoms with Gasteiger partial charge < -0.3 is 9.63 Å². The summed E-state index contributed by atoms with van der Waals surface area (Å²) in [6.07, 6.45) is 1.90. The van der Waals surface area contributed by atoms with Crippen molar-refractivity contribution in [2.45, 2.75) is 18.9 Å². The zero-order valence-electron chi connectivity index (χ0n) is 10.2. The molecule has 0 spiro atoms. The van der Waals surface area contributed by atoms with Crippen molar-refractivity contribution in [3.05, 3.63) is 53.8 Å². The number of nitrogens with zero attached hydrogens (tertiary/aromatic N) is 1. The van der Waals surface area contributed by atoms with Crippen LogP contribution in [0.2, 0.25) is 0 Å². The maximum absolute atomic E-state index is 11.6. The number of aliphatic hydroxyl groups excluding tert-OH is 1. The van der Waals surface area contributed by atoms with Crippen LogP contribution in [0.15, 0.2) is 52.6 Å². The van der Waals surface area contributed by atoms with Crippen molar-refractivity contribution in [3.63, 3.8) is 0 Å². The molecule has 0 saturated carbocycles. The van der Waals surface area contributed by atoms with E-state index in [0.29, 0.717) is 29.9 Å². The zero-order chi connectivity index (χ0) is 13.2. The van der Waals surface area contributed by atoms with Crippen molar-refractivity contribution < 1.29 is 14.4 Å². The molecule has 1 heterocycles. The summed E-state index contributed by atoms with van der Waals surface area (Å²) in [6.45, 7) is 0. The maximum atomic E-state index is 11.6. The third-order valence-corrected chi connectivity index (χ3v) is 3.22. The first-order valence-corrected chi connectivity index (χ1v) is 6.19. The number of carbonyl (C=O) groups is 1. The van der Waals surface area contributed by atoms with Crippen LogP contribution in [-0.4, -0.2) is 16.0 Å². The molecule has 0 fully saturated rings. The van der Waals surface area contributed by atoms with Gasteiger partial charge in [-0.1, -0.05) is 41.6 Å². The monoisotopic (exact) mass is 255 g/mol. The highest BCUT2D eigenvalue weighted by molar-refractivity contribution is 5.98. The van der Waals surface area contributed by atoms with E-state index in [1.807, 2.05) is 30.3 Å². The second kappa shape index (κ2) is 4.82. The Kier molecular flexibility index (Phi) is 3.01. The van der Waals surface area contributed by atoms with Crippen LogP contribution in [0.3, 0.4) is 0 Å². The number of allylic oxidation sites excluding steroid dienone is 1. The summed E-state index contributed by atoms with van der Waals surface area (Å²) < 4.78 is 5.15. The van der Waals surface area contributed by atoms with Gasteiger partial charge in [-0.2, -0.15) is 0 Å². The first kappa shape index (κ1) is 11.9. The Hall–Kier alpha value is -2.20. The first-order valence-electron chi connectivity index (χ1n) is 6.19. The van der Waals surface area contributed by atoms with Crippen molar-refractivity contribution in [1.29, 1.82) is 0 Å². The lowest BCUT2D eigenvalue weighted by Gasteiger charge is -2.05. The van der Waals surface area contributed by atoms with Gasteiger partial charge in [0, 0.05) is 23.6 Å². The number of hydrogen-bond donors (Lipinski definition) is 1.